The summed E-state index contributed by atoms with van der Waals surface area (Å²) in [5.41, 5.74) is 0.283. The first-order valence-electron chi connectivity index (χ1n) is 8.44. The van der Waals surface area contributed by atoms with Gasteiger partial charge in [-0.25, -0.2) is 9.78 Å². The van der Waals surface area contributed by atoms with E-state index in [9.17, 15) is 9.59 Å². The van der Waals surface area contributed by atoms with E-state index in [0.29, 0.717) is 25.9 Å². The van der Waals surface area contributed by atoms with Crippen LogP contribution in [0.25, 0.3) is 0 Å². The van der Waals surface area contributed by atoms with Gasteiger partial charge in [0.15, 0.2) is 5.82 Å². The molecule has 0 aliphatic carbocycles. The summed E-state index contributed by atoms with van der Waals surface area (Å²) in [7, 11) is 1.64. The molecule has 8 nitrogen and oxygen atoms in total. The van der Waals surface area contributed by atoms with Gasteiger partial charge in [-0.05, 0) is 24.6 Å². The van der Waals surface area contributed by atoms with Crippen molar-refractivity contribution in [1.82, 2.24) is 24.3 Å². The van der Waals surface area contributed by atoms with Gasteiger partial charge in [-0.1, -0.05) is 12.1 Å². The topological polar surface area (TPSA) is 94.8 Å². The molecule has 0 atom stereocenters. The van der Waals surface area contributed by atoms with Crippen LogP contribution in [0.1, 0.15) is 24.1 Å². The van der Waals surface area contributed by atoms with Crippen LogP contribution < -0.4 is 16.0 Å². The lowest BCUT2D eigenvalue weighted by atomic mass is 10.1. The van der Waals surface area contributed by atoms with E-state index in [4.69, 9.17) is 4.74 Å². The molecule has 0 amide bonds. The van der Waals surface area contributed by atoms with Gasteiger partial charge in [0.1, 0.15) is 11.6 Å². The predicted molar refractivity (Wildman–Crippen MR) is 96.5 cm³/mol. The number of aromatic amines is 1. The van der Waals surface area contributed by atoms with Crippen LogP contribution >= 0.6 is 0 Å². The highest BCUT2D eigenvalue weighted by Crippen LogP contribution is 2.14. The second kappa shape index (κ2) is 7.81. The second-order valence-corrected chi connectivity index (χ2v) is 5.84. The average molecular weight is 355 g/mol. The molecule has 0 aliphatic heterocycles. The highest BCUT2D eigenvalue weighted by Gasteiger charge is 2.10. The Morgan fingerprint density at radius 3 is 2.58 bits per heavy atom. The fourth-order valence-electron chi connectivity index (χ4n) is 2.71. The highest BCUT2D eigenvalue weighted by molar-refractivity contribution is 5.28. The Balaban J connectivity index is 1.73. The highest BCUT2D eigenvalue weighted by atomic mass is 16.5. The summed E-state index contributed by atoms with van der Waals surface area (Å²) < 4.78 is 8.47. The minimum absolute atomic E-state index is 0.398. The normalized spacial score (nSPS) is 10.8. The SMILES string of the molecule is CCn1nc(Cc2ccc(OC)cc2)nc1CCn1ccc(=O)[nH]c1=O. The lowest BCUT2D eigenvalue weighted by molar-refractivity contribution is 0.414. The zero-order valence-electron chi connectivity index (χ0n) is 14.8. The largest absolute Gasteiger partial charge is 0.497 e. The molecule has 2 heterocycles. The van der Waals surface area contributed by atoms with E-state index in [1.165, 1.54) is 16.8 Å². The van der Waals surface area contributed by atoms with E-state index in [0.717, 1.165) is 23.0 Å². The van der Waals surface area contributed by atoms with Gasteiger partial charge in [-0.15, -0.1) is 0 Å². The summed E-state index contributed by atoms with van der Waals surface area (Å²) in [6.45, 7) is 3.13. The molecule has 0 fully saturated rings. The van der Waals surface area contributed by atoms with E-state index < -0.39 is 11.2 Å². The van der Waals surface area contributed by atoms with Gasteiger partial charge in [0.2, 0.25) is 0 Å². The molecule has 0 spiro atoms. The van der Waals surface area contributed by atoms with Gasteiger partial charge >= 0.3 is 5.69 Å². The molecule has 1 N–H and O–H groups in total. The van der Waals surface area contributed by atoms with Crippen molar-refractivity contribution in [2.24, 2.45) is 0 Å². The number of methoxy groups -OCH3 is 1. The van der Waals surface area contributed by atoms with Crippen molar-refractivity contribution >= 4 is 0 Å². The Bertz CT molecular complexity index is 985. The van der Waals surface area contributed by atoms with Crippen LogP contribution in [0.5, 0.6) is 5.75 Å². The molecule has 136 valence electrons. The van der Waals surface area contributed by atoms with Gasteiger partial charge < -0.3 is 9.30 Å². The molecule has 3 rings (SSSR count). The second-order valence-electron chi connectivity index (χ2n) is 5.84. The molecule has 0 unspecified atom stereocenters. The van der Waals surface area contributed by atoms with Gasteiger partial charge in [0.05, 0.1) is 7.11 Å². The minimum Gasteiger partial charge on any atom is -0.497 e. The smallest absolute Gasteiger partial charge is 0.328 e. The summed E-state index contributed by atoms with van der Waals surface area (Å²) >= 11 is 0. The zero-order valence-corrected chi connectivity index (χ0v) is 14.8. The van der Waals surface area contributed by atoms with Crippen LogP contribution in [0.2, 0.25) is 0 Å². The molecule has 26 heavy (non-hydrogen) atoms. The Labute approximate surface area is 150 Å². The number of hydrogen-bond donors (Lipinski definition) is 1. The molecule has 0 aliphatic rings. The van der Waals surface area contributed by atoms with Gasteiger partial charge in [0.25, 0.3) is 5.56 Å². The Morgan fingerprint density at radius 2 is 1.92 bits per heavy atom. The van der Waals surface area contributed by atoms with E-state index in [-0.39, 0.29) is 0 Å². The fraction of sp³-hybridized carbons (Fsp3) is 0.333. The van der Waals surface area contributed by atoms with Crippen molar-refractivity contribution in [3.63, 3.8) is 0 Å². The molecule has 0 radical (unpaired) electrons. The van der Waals surface area contributed by atoms with Crippen molar-refractivity contribution in [2.45, 2.75) is 32.9 Å². The number of aromatic nitrogens is 5. The molecule has 1 aromatic carbocycles. The van der Waals surface area contributed by atoms with Crippen molar-refractivity contribution in [3.8, 4) is 5.75 Å². The van der Waals surface area contributed by atoms with Crippen molar-refractivity contribution in [2.75, 3.05) is 7.11 Å². The molecular formula is C18H21N5O3. The number of ether oxygens (including phenoxy) is 1. The number of nitrogens with zero attached hydrogens (tertiary/aromatic N) is 4. The summed E-state index contributed by atoms with van der Waals surface area (Å²) in [4.78, 5) is 29.8. The Kier molecular flexibility index (Phi) is 5.31. The monoisotopic (exact) mass is 355 g/mol. The number of benzene rings is 1. The molecule has 8 heteroatoms. The third kappa shape index (κ3) is 4.08. The third-order valence-corrected chi connectivity index (χ3v) is 4.09. The van der Waals surface area contributed by atoms with Crippen molar-refractivity contribution in [3.05, 3.63) is 74.6 Å². The number of hydrogen-bond acceptors (Lipinski definition) is 5. The standard InChI is InChI=1S/C18H21N5O3/c1-3-23-16(8-10-22-11-9-17(24)20-18(22)25)19-15(21-23)12-13-4-6-14(26-2)7-5-13/h4-7,9,11H,3,8,10,12H2,1-2H3,(H,20,24,25). The predicted octanol–water partition coefficient (Wildman–Crippen LogP) is 0.990. The Morgan fingerprint density at radius 1 is 1.15 bits per heavy atom. The molecule has 0 saturated carbocycles. The summed E-state index contributed by atoms with van der Waals surface area (Å²) in [6.07, 6.45) is 2.67. The molecular weight excluding hydrogens is 334 g/mol. The van der Waals surface area contributed by atoms with Gasteiger partial charge in [-0.3, -0.25) is 14.5 Å². The van der Waals surface area contributed by atoms with Crippen LogP contribution in [0.4, 0.5) is 0 Å². The number of nitrogens with one attached hydrogen (secondary N) is 1. The number of H-pyrrole nitrogens is 1. The van der Waals surface area contributed by atoms with E-state index in [1.807, 2.05) is 35.9 Å². The maximum Gasteiger partial charge on any atom is 0.328 e. The van der Waals surface area contributed by atoms with E-state index in [2.05, 4.69) is 15.1 Å². The fourth-order valence-corrected chi connectivity index (χ4v) is 2.71. The van der Waals surface area contributed by atoms with Crippen LogP contribution in [0, 0.1) is 0 Å². The van der Waals surface area contributed by atoms with Crippen LogP contribution in [-0.2, 0) is 25.9 Å². The molecule has 2 aromatic heterocycles. The molecule has 0 saturated heterocycles. The maximum absolute atomic E-state index is 11.8. The van der Waals surface area contributed by atoms with Crippen LogP contribution in [0.15, 0.2) is 46.1 Å². The first kappa shape index (κ1) is 17.7. The summed E-state index contributed by atoms with van der Waals surface area (Å²) in [5, 5.41) is 4.54. The lowest BCUT2D eigenvalue weighted by Crippen LogP contribution is -2.29. The number of rotatable bonds is 7. The summed E-state index contributed by atoms with van der Waals surface area (Å²) in [6, 6.07) is 9.14. The minimum atomic E-state index is -0.418. The zero-order chi connectivity index (χ0) is 18.5. The lowest BCUT2D eigenvalue weighted by Gasteiger charge is -2.04. The maximum atomic E-state index is 11.8. The quantitative estimate of drug-likeness (QED) is 0.682. The van der Waals surface area contributed by atoms with Crippen molar-refractivity contribution in [1.29, 1.82) is 0 Å². The Hall–Kier alpha value is -3.16. The van der Waals surface area contributed by atoms with Gasteiger partial charge in [-0.2, -0.15) is 5.10 Å². The summed E-state index contributed by atoms with van der Waals surface area (Å²) in [5.74, 6) is 2.36. The van der Waals surface area contributed by atoms with E-state index in [1.54, 1.807) is 7.11 Å². The molecule has 0 bridgehead atoms. The van der Waals surface area contributed by atoms with Crippen LogP contribution in [-0.4, -0.2) is 31.4 Å². The van der Waals surface area contributed by atoms with Gasteiger partial charge in [0, 0.05) is 38.2 Å². The first-order valence-corrected chi connectivity index (χ1v) is 8.44. The third-order valence-electron chi connectivity index (χ3n) is 4.09. The van der Waals surface area contributed by atoms with E-state index >= 15 is 0 Å². The number of aryl methyl sites for hydroxylation is 3. The first-order chi connectivity index (χ1) is 12.6. The van der Waals surface area contributed by atoms with Crippen LogP contribution in [0.3, 0.4) is 0 Å². The molecule has 3 aromatic rings. The average Bonchev–Trinajstić information content (AvgIpc) is 3.03. The van der Waals surface area contributed by atoms with Crippen molar-refractivity contribution < 1.29 is 4.74 Å².